The van der Waals surface area contributed by atoms with E-state index in [2.05, 4.69) is 0 Å². The first-order valence-corrected chi connectivity index (χ1v) is 8.59. The van der Waals surface area contributed by atoms with Crippen LogP contribution in [0.2, 0.25) is 0 Å². The van der Waals surface area contributed by atoms with Crippen LogP contribution in [0.15, 0.2) is 48.5 Å². The van der Waals surface area contributed by atoms with Gasteiger partial charge in [0.15, 0.2) is 0 Å². The number of hydrogen-bond donors (Lipinski definition) is 0. The fraction of sp³-hybridized carbons (Fsp3) is 0.227. The molecule has 1 aliphatic carbocycles. The van der Waals surface area contributed by atoms with Crippen LogP contribution in [0.25, 0.3) is 11.1 Å². The van der Waals surface area contributed by atoms with Gasteiger partial charge in [-0.2, -0.15) is 0 Å². The number of rotatable bonds is 5. The second-order valence-corrected chi connectivity index (χ2v) is 6.42. The van der Waals surface area contributed by atoms with E-state index in [9.17, 15) is 14.4 Å². The van der Waals surface area contributed by atoms with Crippen molar-refractivity contribution >= 4 is 29.1 Å². The van der Waals surface area contributed by atoms with Crippen molar-refractivity contribution in [1.82, 2.24) is 0 Å². The lowest BCUT2D eigenvalue weighted by atomic mass is 9.92. The number of ether oxygens (including phenoxy) is 3. The summed E-state index contributed by atoms with van der Waals surface area (Å²) in [7, 11) is 3.76. The molecule has 3 rings (SSSR count). The van der Waals surface area contributed by atoms with Gasteiger partial charge in [-0.15, -0.1) is 0 Å². The number of hydrogen-bond acceptors (Lipinski definition) is 6. The van der Waals surface area contributed by atoms with E-state index >= 15 is 0 Å². The van der Waals surface area contributed by atoms with Gasteiger partial charge in [0.2, 0.25) is 5.41 Å². The van der Waals surface area contributed by atoms with Crippen LogP contribution >= 0.6 is 0 Å². The Bertz CT molecular complexity index is 951. The monoisotopic (exact) mass is 380 g/mol. The van der Waals surface area contributed by atoms with Crippen molar-refractivity contribution in [1.29, 1.82) is 0 Å². The first-order valence-electron chi connectivity index (χ1n) is 8.59. The highest BCUT2D eigenvalue weighted by Crippen LogP contribution is 2.64. The molecule has 0 spiro atoms. The van der Waals surface area contributed by atoms with Gasteiger partial charge in [0, 0.05) is 0 Å². The second-order valence-electron chi connectivity index (χ2n) is 6.42. The minimum atomic E-state index is -1.62. The average molecular weight is 380 g/mol. The summed E-state index contributed by atoms with van der Waals surface area (Å²) in [5, 5.41) is 0. The minimum Gasteiger partial charge on any atom is -0.468 e. The Hall–Kier alpha value is -3.41. The molecule has 0 aliphatic heterocycles. The van der Waals surface area contributed by atoms with Crippen molar-refractivity contribution in [2.24, 2.45) is 5.41 Å². The van der Waals surface area contributed by atoms with Gasteiger partial charge < -0.3 is 14.2 Å². The van der Waals surface area contributed by atoms with Gasteiger partial charge in [-0.1, -0.05) is 42.0 Å². The second kappa shape index (κ2) is 7.31. The summed E-state index contributed by atoms with van der Waals surface area (Å²) in [5.74, 6) is -1.88. The first kappa shape index (κ1) is 19.4. The van der Waals surface area contributed by atoms with Gasteiger partial charge in [-0.05, 0) is 41.3 Å². The van der Waals surface area contributed by atoms with Crippen molar-refractivity contribution in [3.8, 4) is 0 Å². The maximum absolute atomic E-state index is 12.7. The summed E-state index contributed by atoms with van der Waals surface area (Å²) in [4.78, 5) is 37.1. The Balaban J connectivity index is 2.16. The van der Waals surface area contributed by atoms with E-state index in [1.54, 1.807) is 24.3 Å². The van der Waals surface area contributed by atoms with E-state index in [4.69, 9.17) is 14.2 Å². The van der Waals surface area contributed by atoms with Crippen molar-refractivity contribution < 1.29 is 28.6 Å². The van der Waals surface area contributed by atoms with Crippen LogP contribution in [0.4, 0.5) is 0 Å². The highest BCUT2D eigenvalue weighted by molar-refractivity contribution is 6.38. The highest BCUT2D eigenvalue weighted by atomic mass is 16.5. The third-order valence-electron chi connectivity index (χ3n) is 4.86. The zero-order chi connectivity index (χ0) is 20.5. The van der Waals surface area contributed by atoms with Gasteiger partial charge in [-0.25, -0.2) is 4.79 Å². The lowest BCUT2D eigenvalue weighted by Gasteiger charge is -2.15. The summed E-state index contributed by atoms with van der Waals surface area (Å²) >= 11 is 0. The number of methoxy groups -OCH3 is 3. The molecule has 0 atom stereocenters. The number of benzene rings is 2. The quantitative estimate of drug-likeness (QED) is 0.451. The van der Waals surface area contributed by atoms with Crippen molar-refractivity contribution in [3.63, 3.8) is 0 Å². The summed E-state index contributed by atoms with van der Waals surface area (Å²) in [6.07, 6.45) is 0. The van der Waals surface area contributed by atoms with Crippen LogP contribution < -0.4 is 0 Å². The lowest BCUT2D eigenvalue weighted by Crippen LogP contribution is -2.32. The van der Waals surface area contributed by atoms with Crippen LogP contribution in [0.1, 0.15) is 27.0 Å². The summed E-state index contributed by atoms with van der Waals surface area (Å²) in [6.45, 7) is 1.95. The van der Waals surface area contributed by atoms with Crippen LogP contribution in [0, 0.1) is 12.3 Å². The SMILES string of the molecule is COC(=O)c1ccc(C2=C(c3ccc(C)cc3)C2(C(=O)OC)C(=O)OC)cc1. The molecule has 0 saturated carbocycles. The van der Waals surface area contributed by atoms with E-state index in [0.717, 1.165) is 11.1 Å². The van der Waals surface area contributed by atoms with Crippen molar-refractivity contribution in [3.05, 3.63) is 70.8 Å². The zero-order valence-electron chi connectivity index (χ0n) is 16.1. The van der Waals surface area contributed by atoms with E-state index in [-0.39, 0.29) is 0 Å². The topological polar surface area (TPSA) is 78.9 Å². The maximum Gasteiger partial charge on any atom is 0.337 e. The summed E-state index contributed by atoms with van der Waals surface area (Å²) in [6, 6.07) is 14.0. The van der Waals surface area contributed by atoms with E-state index in [1.165, 1.54) is 21.3 Å². The van der Waals surface area contributed by atoms with E-state index in [1.807, 2.05) is 31.2 Å². The predicted molar refractivity (Wildman–Crippen MR) is 102 cm³/mol. The smallest absolute Gasteiger partial charge is 0.337 e. The number of aryl methyl sites for hydroxylation is 1. The summed E-state index contributed by atoms with van der Waals surface area (Å²) < 4.78 is 14.6. The molecule has 0 unspecified atom stereocenters. The third kappa shape index (κ3) is 2.87. The molecule has 0 bridgehead atoms. The standard InChI is InChI=1S/C22H20O6/c1-13-5-7-14(8-6-13)17-18(22(17,20(24)27-3)21(25)28-4)15-9-11-16(12-10-15)19(23)26-2/h5-12H,1-4H3. The average Bonchev–Trinajstić information content (AvgIpc) is 3.43. The molecule has 1 aliphatic rings. The van der Waals surface area contributed by atoms with Crippen molar-refractivity contribution in [2.75, 3.05) is 21.3 Å². The molecule has 0 heterocycles. The molecule has 0 radical (unpaired) electrons. The zero-order valence-corrected chi connectivity index (χ0v) is 16.1. The molecule has 0 N–H and O–H groups in total. The molecule has 6 heteroatoms. The maximum atomic E-state index is 12.7. The van der Waals surface area contributed by atoms with Crippen LogP contribution in [0.3, 0.4) is 0 Å². The fourth-order valence-corrected chi connectivity index (χ4v) is 3.41. The third-order valence-corrected chi connectivity index (χ3v) is 4.86. The number of carbonyl (C=O) groups excluding carboxylic acids is 3. The van der Waals surface area contributed by atoms with Crippen molar-refractivity contribution in [2.45, 2.75) is 6.92 Å². The Morgan fingerprint density at radius 1 is 0.679 bits per heavy atom. The molecule has 6 nitrogen and oxygen atoms in total. The predicted octanol–water partition coefficient (Wildman–Crippen LogP) is 3.04. The van der Waals surface area contributed by atoms with Gasteiger partial charge in [0.05, 0.1) is 26.9 Å². The molecule has 0 aromatic heterocycles. The largest absolute Gasteiger partial charge is 0.468 e. The highest BCUT2D eigenvalue weighted by Gasteiger charge is 2.67. The minimum absolute atomic E-state index is 0.367. The molecule has 144 valence electrons. The molecular weight excluding hydrogens is 360 g/mol. The van der Waals surface area contributed by atoms with E-state index < -0.39 is 23.3 Å². The molecule has 2 aromatic carbocycles. The van der Waals surface area contributed by atoms with E-state index in [0.29, 0.717) is 22.3 Å². The first-order chi connectivity index (χ1) is 13.4. The molecule has 0 amide bonds. The van der Waals surface area contributed by atoms with Gasteiger partial charge in [0.25, 0.3) is 0 Å². The molecule has 2 aromatic rings. The molecule has 0 saturated heterocycles. The summed E-state index contributed by atoms with van der Waals surface area (Å²) in [5.41, 5.74) is 2.20. The Kier molecular flexibility index (Phi) is 5.05. The van der Waals surface area contributed by atoms with Gasteiger partial charge in [0.1, 0.15) is 0 Å². The molecule has 0 fully saturated rings. The van der Waals surface area contributed by atoms with Gasteiger partial charge >= 0.3 is 17.9 Å². The van der Waals surface area contributed by atoms with Crippen LogP contribution in [-0.2, 0) is 23.8 Å². The number of esters is 3. The fourth-order valence-electron chi connectivity index (χ4n) is 3.41. The van der Waals surface area contributed by atoms with Gasteiger partial charge in [-0.3, -0.25) is 9.59 Å². The number of carbonyl (C=O) groups is 3. The molecule has 28 heavy (non-hydrogen) atoms. The Labute approximate surface area is 162 Å². The Morgan fingerprint density at radius 2 is 1.11 bits per heavy atom. The normalized spacial score (nSPS) is 14.3. The molecular formula is C22H20O6. The van der Waals surface area contributed by atoms with Crippen LogP contribution in [-0.4, -0.2) is 39.2 Å². The van der Waals surface area contributed by atoms with Crippen LogP contribution in [0.5, 0.6) is 0 Å². The Morgan fingerprint density at radius 3 is 1.50 bits per heavy atom. The lowest BCUT2D eigenvalue weighted by molar-refractivity contribution is -0.158.